The molecule has 0 bridgehead atoms. The maximum Gasteiger partial charge on any atom is 0.341 e. The highest BCUT2D eigenvalue weighted by Gasteiger charge is 2.24. The smallest absolute Gasteiger partial charge is 0.341 e. The number of aromatic nitrogens is 3. The van der Waals surface area contributed by atoms with Crippen molar-refractivity contribution in [2.24, 2.45) is 7.05 Å². The Morgan fingerprint density at radius 3 is 2.66 bits per heavy atom. The molecule has 0 spiro atoms. The highest BCUT2D eigenvalue weighted by atomic mass is 32.2. The number of esters is 1. The van der Waals surface area contributed by atoms with Crippen molar-refractivity contribution in [1.29, 1.82) is 0 Å². The first-order valence-electron chi connectivity index (χ1n) is 9.98. The Kier molecular flexibility index (Phi) is 7.34. The normalized spacial score (nSPS) is 14.8. The number of methoxy groups -OCH3 is 1. The van der Waals surface area contributed by atoms with Gasteiger partial charge in [0.15, 0.2) is 5.16 Å². The molecule has 29 heavy (non-hydrogen) atoms. The number of aryl methyl sites for hydroxylation is 1. The minimum atomic E-state index is -0.417. The second-order valence-corrected chi connectivity index (χ2v) is 9.42. The van der Waals surface area contributed by atoms with Gasteiger partial charge in [-0.3, -0.25) is 4.79 Å². The number of ether oxygens (including phenoxy) is 1. The average Bonchev–Trinajstić information content (AvgIpc) is 3.25. The van der Waals surface area contributed by atoms with Gasteiger partial charge in [-0.2, -0.15) is 0 Å². The van der Waals surface area contributed by atoms with Gasteiger partial charge in [0.05, 0.1) is 18.4 Å². The largest absolute Gasteiger partial charge is 0.465 e. The number of rotatable bonds is 7. The molecular formula is C20H28N4O3S2. The van der Waals surface area contributed by atoms with Gasteiger partial charge < -0.3 is 14.6 Å². The van der Waals surface area contributed by atoms with Crippen LogP contribution in [0.4, 0.5) is 5.00 Å². The van der Waals surface area contributed by atoms with Crippen molar-refractivity contribution in [3.8, 4) is 0 Å². The van der Waals surface area contributed by atoms with Gasteiger partial charge in [-0.25, -0.2) is 4.79 Å². The van der Waals surface area contributed by atoms with Crippen molar-refractivity contribution < 1.29 is 14.3 Å². The number of amides is 1. The minimum Gasteiger partial charge on any atom is -0.465 e. The fourth-order valence-electron chi connectivity index (χ4n) is 3.87. The Hall–Kier alpha value is -1.87. The van der Waals surface area contributed by atoms with E-state index in [4.69, 9.17) is 4.74 Å². The third-order valence-corrected chi connectivity index (χ3v) is 7.46. The minimum absolute atomic E-state index is 0.175. The van der Waals surface area contributed by atoms with Crippen LogP contribution in [0.3, 0.4) is 0 Å². The van der Waals surface area contributed by atoms with E-state index in [1.807, 2.05) is 25.5 Å². The van der Waals surface area contributed by atoms with E-state index in [1.54, 1.807) is 0 Å². The van der Waals surface area contributed by atoms with Gasteiger partial charge in [-0.15, -0.1) is 21.5 Å². The number of thiophene rings is 1. The van der Waals surface area contributed by atoms with Crippen LogP contribution >= 0.6 is 23.1 Å². The molecule has 9 heteroatoms. The molecule has 2 aromatic rings. The molecule has 1 saturated carbocycles. The molecule has 1 aliphatic rings. The molecule has 1 amide bonds. The predicted octanol–water partition coefficient (Wildman–Crippen LogP) is 4.31. The van der Waals surface area contributed by atoms with Crippen molar-refractivity contribution in [2.45, 2.75) is 63.4 Å². The summed E-state index contributed by atoms with van der Waals surface area (Å²) in [4.78, 5) is 25.8. The third-order valence-electron chi connectivity index (χ3n) is 5.38. The SMILES string of the molecule is CCc1c(C)sc(NC(=O)CSc2nnc(C3CCCCC3)n2C)c1C(=O)OC. The average molecular weight is 437 g/mol. The lowest BCUT2D eigenvalue weighted by molar-refractivity contribution is -0.113. The number of hydrogen-bond acceptors (Lipinski definition) is 7. The number of nitrogens with one attached hydrogen (secondary N) is 1. The van der Waals surface area contributed by atoms with Crippen LogP contribution in [-0.2, 0) is 23.0 Å². The summed E-state index contributed by atoms with van der Waals surface area (Å²) in [5.74, 6) is 1.09. The first-order valence-corrected chi connectivity index (χ1v) is 11.8. The summed E-state index contributed by atoms with van der Waals surface area (Å²) in [5.41, 5.74) is 1.39. The number of carbonyl (C=O) groups is 2. The van der Waals surface area contributed by atoms with Gasteiger partial charge >= 0.3 is 5.97 Å². The molecule has 0 aliphatic heterocycles. The molecule has 3 rings (SSSR count). The zero-order chi connectivity index (χ0) is 21.0. The fourth-order valence-corrected chi connectivity index (χ4v) is 5.74. The lowest BCUT2D eigenvalue weighted by Gasteiger charge is -2.20. The zero-order valence-corrected chi connectivity index (χ0v) is 19.0. The number of nitrogens with zero attached hydrogens (tertiary/aromatic N) is 3. The van der Waals surface area contributed by atoms with E-state index < -0.39 is 5.97 Å². The summed E-state index contributed by atoms with van der Waals surface area (Å²) in [6.07, 6.45) is 6.80. The molecule has 7 nitrogen and oxygen atoms in total. The molecule has 2 aromatic heterocycles. The lowest BCUT2D eigenvalue weighted by atomic mass is 9.89. The number of hydrogen-bond donors (Lipinski definition) is 1. The van der Waals surface area contributed by atoms with Crippen LogP contribution in [-0.4, -0.2) is 39.5 Å². The van der Waals surface area contributed by atoms with E-state index in [9.17, 15) is 9.59 Å². The number of anilines is 1. The Labute approximate surface area is 179 Å². The van der Waals surface area contributed by atoms with Gasteiger partial charge in [0, 0.05) is 17.8 Å². The monoisotopic (exact) mass is 436 g/mol. The molecule has 0 radical (unpaired) electrons. The molecule has 158 valence electrons. The van der Waals surface area contributed by atoms with Crippen LogP contribution < -0.4 is 5.32 Å². The molecule has 1 fully saturated rings. The van der Waals surface area contributed by atoms with Crippen LogP contribution in [0.15, 0.2) is 5.16 Å². The van der Waals surface area contributed by atoms with Gasteiger partial charge in [0.1, 0.15) is 10.8 Å². The summed E-state index contributed by atoms with van der Waals surface area (Å²) in [7, 11) is 3.32. The molecule has 2 heterocycles. The van der Waals surface area contributed by atoms with Crippen LogP contribution in [0.2, 0.25) is 0 Å². The van der Waals surface area contributed by atoms with Crippen molar-refractivity contribution in [1.82, 2.24) is 14.8 Å². The van der Waals surface area contributed by atoms with Gasteiger partial charge in [-0.05, 0) is 31.7 Å². The number of carbonyl (C=O) groups excluding carboxylic acids is 2. The second-order valence-electron chi connectivity index (χ2n) is 7.26. The van der Waals surface area contributed by atoms with E-state index in [2.05, 4.69) is 15.5 Å². The Balaban J connectivity index is 1.65. The van der Waals surface area contributed by atoms with Crippen LogP contribution in [0.25, 0.3) is 0 Å². The summed E-state index contributed by atoms with van der Waals surface area (Å²) in [6.45, 7) is 3.94. The van der Waals surface area contributed by atoms with Crippen molar-refractivity contribution in [3.05, 3.63) is 21.8 Å². The molecule has 1 N–H and O–H groups in total. The van der Waals surface area contributed by atoms with E-state index in [0.717, 1.165) is 34.3 Å². The van der Waals surface area contributed by atoms with Gasteiger partial charge in [0.25, 0.3) is 0 Å². The van der Waals surface area contributed by atoms with E-state index >= 15 is 0 Å². The van der Waals surface area contributed by atoms with Crippen molar-refractivity contribution in [3.63, 3.8) is 0 Å². The molecule has 1 aliphatic carbocycles. The maximum atomic E-state index is 12.5. The molecule has 0 unspecified atom stereocenters. The van der Waals surface area contributed by atoms with E-state index in [-0.39, 0.29) is 11.7 Å². The molecule has 0 atom stereocenters. The maximum absolute atomic E-state index is 12.5. The standard InChI is InChI=1S/C20H28N4O3S2/c1-5-14-12(2)29-18(16(14)19(26)27-4)21-15(25)11-28-20-23-22-17(24(20)3)13-9-7-6-8-10-13/h13H,5-11H2,1-4H3,(H,21,25). The fraction of sp³-hybridized carbons (Fsp3) is 0.600. The first-order chi connectivity index (χ1) is 14.0. The number of thioether (sulfide) groups is 1. The quantitative estimate of drug-likeness (QED) is 0.514. The van der Waals surface area contributed by atoms with Gasteiger partial charge in [0.2, 0.25) is 5.91 Å². The summed E-state index contributed by atoms with van der Waals surface area (Å²) >= 11 is 2.77. The Morgan fingerprint density at radius 1 is 1.28 bits per heavy atom. The second kappa shape index (κ2) is 9.75. The van der Waals surface area contributed by atoms with Crippen molar-refractivity contribution in [2.75, 3.05) is 18.2 Å². The molecule has 0 saturated heterocycles. The molecular weight excluding hydrogens is 408 g/mol. The van der Waals surface area contributed by atoms with Crippen molar-refractivity contribution >= 4 is 40.0 Å². The summed E-state index contributed by atoms with van der Waals surface area (Å²) in [6, 6.07) is 0. The summed E-state index contributed by atoms with van der Waals surface area (Å²) in [5, 5.41) is 12.8. The first kappa shape index (κ1) is 21.8. The van der Waals surface area contributed by atoms with E-state index in [1.165, 1.54) is 49.5 Å². The van der Waals surface area contributed by atoms with E-state index in [0.29, 0.717) is 22.9 Å². The Morgan fingerprint density at radius 2 is 2.00 bits per heavy atom. The Bertz CT molecular complexity index is 885. The van der Waals surface area contributed by atoms with Crippen LogP contribution in [0.5, 0.6) is 0 Å². The topological polar surface area (TPSA) is 86.1 Å². The lowest BCUT2D eigenvalue weighted by Crippen LogP contribution is -2.16. The van der Waals surface area contributed by atoms with Crippen LogP contribution in [0.1, 0.15) is 71.6 Å². The predicted molar refractivity (Wildman–Crippen MR) is 116 cm³/mol. The van der Waals surface area contributed by atoms with Gasteiger partial charge in [-0.1, -0.05) is 37.9 Å². The summed E-state index contributed by atoms with van der Waals surface area (Å²) < 4.78 is 6.92. The third kappa shape index (κ3) is 4.83. The van der Waals surface area contributed by atoms with Crippen LogP contribution in [0, 0.1) is 6.92 Å². The highest BCUT2D eigenvalue weighted by Crippen LogP contribution is 2.35. The molecule has 0 aromatic carbocycles. The highest BCUT2D eigenvalue weighted by molar-refractivity contribution is 7.99. The zero-order valence-electron chi connectivity index (χ0n) is 17.4.